The third-order valence-electron chi connectivity index (χ3n) is 6.31. The highest BCUT2D eigenvalue weighted by Gasteiger charge is 2.62. The van der Waals surface area contributed by atoms with Gasteiger partial charge in [0, 0.05) is 0 Å². The molecule has 4 aliphatic rings. The van der Waals surface area contributed by atoms with Crippen LogP contribution in [0.25, 0.3) is 0 Å². The molecule has 4 saturated carbocycles. The fourth-order valence-corrected chi connectivity index (χ4v) is 5.56. The van der Waals surface area contributed by atoms with Crippen molar-refractivity contribution >= 4 is 0 Å². The van der Waals surface area contributed by atoms with E-state index < -0.39 is 0 Å². The fraction of sp³-hybridized carbons (Fsp3) is 0.867. The molecule has 0 unspecified atom stereocenters. The molecule has 0 aromatic rings. The predicted molar refractivity (Wildman–Crippen MR) is 64.6 cm³/mol. The van der Waals surface area contributed by atoms with Gasteiger partial charge < -0.3 is 0 Å². The van der Waals surface area contributed by atoms with Crippen molar-refractivity contribution in [2.45, 2.75) is 52.9 Å². The highest BCUT2D eigenvalue weighted by atomic mass is 14.7. The van der Waals surface area contributed by atoms with Gasteiger partial charge >= 0.3 is 0 Å². The second kappa shape index (κ2) is 2.70. The zero-order chi connectivity index (χ0) is 10.8. The standard InChI is InChI=1S/C15H24/c1-10-9-15-8-7-12(10)14(3,4)13(15)6-5-11(15)2/h11-13H,1,5-9H2,2-4H3/t11-,12+,13+,15-/m1/s1. The van der Waals surface area contributed by atoms with Gasteiger partial charge in [0.15, 0.2) is 0 Å². The molecule has 84 valence electrons. The van der Waals surface area contributed by atoms with Crippen LogP contribution in [-0.4, -0.2) is 0 Å². The monoisotopic (exact) mass is 204 g/mol. The maximum atomic E-state index is 4.38. The molecule has 4 aliphatic carbocycles. The van der Waals surface area contributed by atoms with E-state index in [1.807, 2.05) is 0 Å². The smallest absolute Gasteiger partial charge is 0.0151 e. The van der Waals surface area contributed by atoms with Crippen LogP contribution in [0.3, 0.4) is 0 Å². The highest BCUT2D eigenvalue weighted by molar-refractivity contribution is 5.24. The molecular formula is C15H24. The number of hydrogen-bond acceptors (Lipinski definition) is 0. The lowest BCUT2D eigenvalue weighted by atomic mass is 9.44. The van der Waals surface area contributed by atoms with Crippen LogP contribution in [0.2, 0.25) is 0 Å². The van der Waals surface area contributed by atoms with Gasteiger partial charge in [-0.2, -0.15) is 0 Å². The zero-order valence-corrected chi connectivity index (χ0v) is 10.5. The summed E-state index contributed by atoms with van der Waals surface area (Å²) in [7, 11) is 0. The van der Waals surface area contributed by atoms with E-state index in [9.17, 15) is 0 Å². The summed E-state index contributed by atoms with van der Waals surface area (Å²) >= 11 is 0. The summed E-state index contributed by atoms with van der Waals surface area (Å²) in [5, 5.41) is 0. The van der Waals surface area contributed by atoms with Crippen molar-refractivity contribution < 1.29 is 0 Å². The van der Waals surface area contributed by atoms with Crippen molar-refractivity contribution in [3.8, 4) is 0 Å². The largest absolute Gasteiger partial charge is 0.0995 e. The van der Waals surface area contributed by atoms with E-state index in [0.717, 1.165) is 17.8 Å². The van der Waals surface area contributed by atoms with Crippen molar-refractivity contribution in [3.05, 3.63) is 12.2 Å². The molecule has 0 saturated heterocycles. The van der Waals surface area contributed by atoms with E-state index in [4.69, 9.17) is 0 Å². The minimum Gasteiger partial charge on any atom is -0.0995 e. The van der Waals surface area contributed by atoms with Crippen LogP contribution in [-0.2, 0) is 0 Å². The Morgan fingerprint density at radius 3 is 2.60 bits per heavy atom. The zero-order valence-electron chi connectivity index (χ0n) is 10.5. The van der Waals surface area contributed by atoms with Crippen LogP contribution in [0.15, 0.2) is 12.2 Å². The van der Waals surface area contributed by atoms with E-state index in [1.165, 1.54) is 32.1 Å². The molecule has 4 fully saturated rings. The Morgan fingerprint density at radius 1 is 1.20 bits per heavy atom. The third-order valence-corrected chi connectivity index (χ3v) is 6.31. The molecule has 4 atom stereocenters. The lowest BCUT2D eigenvalue weighted by molar-refractivity contribution is -0.0749. The van der Waals surface area contributed by atoms with Gasteiger partial charge in [0.1, 0.15) is 0 Å². The minimum absolute atomic E-state index is 0.540. The van der Waals surface area contributed by atoms with E-state index in [2.05, 4.69) is 27.4 Å². The topological polar surface area (TPSA) is 0 Å². The van der Waals surface area contributed by atoms with Gasteiger partial charge in [-0.25, -0.2) is 0 Å². The van der Waals surface area contributed by atoms with Crippen molar-refractivity contribution in [2.24, 2.45) is 28.6 Å². The van der Waals surface area contributed by atoms with Gasteiger partial charge in [-0.1, -0.05) is 32.9 Å². The Kier molecular flexibility index (Phi) is 1.79. The summed E-state index contributed by atoms with van der Waals surface area (Å²) in [6.45, 7) is 11.9. The first kappa shape index (κ1) is 9.93. The van der Waals surface area contributed by atoms with Crippen LogP contribution in [0.1, 0.15) is 52.9 Å². The third kappa shape index (κ3) is 0.990. The lowest BCUT2D eigenvalue weighted by Crippen LogP contribution is -2.53. The number of hydrogen-bond donors (Lipinski definition) is 0. The maximum Gasteiger partial charge on any atom is -0.0151 e. The first-order chi connectivity index (χ1) is 6.98. The lowest BCUT2D eigenvalue weighted by Gasteiger charge is -2.61. The van der Waals surface area contributed by atoms with Gasteiger partial charge in [-0.05, 0) is 60.7 Å². The first-order valence-electron chi connectivity index (χ1n) is 6.66. The average Bonchev–Trinajstić information content (AvgIpc) is 2.45. The second-order valence-corrected chi connectivity index (χ2v) is 7.01. The molecule has 0 aromatic carbocycles. The maximum absolute atomic E-state index is 4.38. The Bertz CT molecular complexity index is 312. The molecule has 0 aromatic heterocycles. The van der Waals surface area contributed by atoms with Crippen molar-refractivity contribution in [1.29, 1.82) is 0 Å². The van der Waals surface area contributed by atoms with Gasteiger partial charge in [-0.3, -0.25) is 0 Å². The Morgan fingerprint density at radius 2 is 1.93 bits per heavy atom. The quantitative estimate of drug-likeness (QED) is 0.513. The molecule has 4 rings (SSSR count). The van der Waals surface area contributed by atoms with Gasteiger partial charge in [0.25, 0.3) is 0 Å². The number of allylic oxidation sites excluding steroid dienone is 1. The van der Waals surface area contributed by atoms with Crippen LogP contribution in [0, 0.1) is 28.6 Å². The average molecular weight is 204 g/mol. The summed E-state index contributed by atoms with van der Waals surface area (Å²) in [4.78, 5) is 0. The first-order valence-corrected chi connectivity index (χ1v) is 6.66. The fourth-order valence-electron chi connectivity index (χ4n) is 5.56. The van der Waals surface area contributed by atoms with E-state index in [0.29, 0.717) is 10.8 Å². The van der Waals surface area contributed by atoms with Crippen LogP contribution >= 0.6 is 0 Å². The minimum atomic E-state index is 0.540. The summed E-state index contributed by atoms with van der Waals surface area (Å²) in [5.74, 6) is 2.76. The molecule has 0 radical (unpaired) electrons. The van der Waals surface area contributed by atoms with Crippen molar-refractivity contribution in [2.75, 3.05) is 0 Å². The van der Waals surface area contributed by atoms with Crippen LogP contribution in [0.5, 0.6) is 0 Å². The Balaban J connectivity index is 2.10. The number of rotatable bonds is 0. The normalized spacial score (nSPS) is 51.9. The van der Waals surface area contributed by atoms with E-state index in [1.54, 1.807) is 5.57 Å². The summed E-state index contributed by atoms with van der Waals surface area (Å²) < 4.78 is 0. The number of fused-ring (bicyclic) bond motifs is 2. The van der Waals surface area contributed by atoms with Gasteiger partial charge in [0.05, 0.1) is 0 Å². The molecule has 0 heterocycles. The molecule has 0 aliphatic heterocycles. The molecule has 15 heavy (non-hydrogen) atoms. The SMILES string of the molecule is C=C1C[C@@]23CC[C@@H]1C(C)(C)[C@@H]2CC[C@H]3C. The molecule has 0 heteroatoms. The molecule has 1 spiro atoms. The van der Waals surface area contributed by atoms with Gasteiger partial charge in [0.2, 0.25) is 0 Å². The molecule has 0 nitrogen and oxygen atoms in total. The summed E-state index contributed by atoms with van der Waals surface area (Å²) in [6, 6.07) is 0. The molecular weight excluding hydrogens is 180 g/mol. The Hall–Kier alpha value is -0.260. The summed E-state index contributed by atoms with van der Waals surface area (Å²) in [5.41, 5.74) is 2.78. The van der Waals surface area contributed by atoms with Crippen LogP contribution < -0.4 is 0 Å². The van der Waals surface area contributed by atoms with E-state index >= 15 is 0 Å². The van der Waals surface area contributed by atoms with Crippen molar-refractivity contribution in [3.63, 3.8) is 0 Å². The van der Waals surface area contributed by atoms with Gasteiger partial charge in [-0.15, -0.1) is 0 Å². The highest BCUT2D eigenvalue weighted by Crippen LogP contribution is 2.70. The van der Waals surface area contributed by atoms with Crippen molar-refractivity contribution in [1.82, 2.24) is 0 Å². The predicted octanol–water partition coefficient (Wildman–Crippen LogP) is 4.42. The molecule has 0 N–H and O–H groups in total. The summed E-state index contributed by atoms with van der Waals surface area (Å²) in [6.07, 6.45) is 7.22. The molecule has 0 amide bonds. The molecule has 2 bridgehead atoms. The Labute approximate surface area is 94.1 Å². The van der Waals surface area contributed by atoms with E-state index in [-0.39, 0.29) is 0 Å². The second-order valence-electron chi connectivity index (χ2n) is 7.01. The van der Waals surface area contributed by atoms with Crippen LogP contribution in [0.4, 0.5) is 0 Å².